The van der Waals surface area contributed by atoms with Gasteiger partial charge < -0.3 is 0 Å². The van der Waals surface area contributed by atoms with Crippen LogP contribution in [0.2, 0.25) is 0 Å². The largest absolute Gasteiger partial charge is 0.274 e. The molecule has 0 aliphatic carbocycles. The van der Waals surface area contributed by atoms with Crippen LogP contribution in [0.25, 0.3) is 0 Å². The summed E-state index contributed by atoms with van der Waals surface area (Å²) in [6, 6.07) is 5.43. The van der Waals surface area contributed by atoms with Gasteiger partial charge in [0.25, 0.3) is 0 Å². The first-order valence-electron chi connectivity index (χ1n) is 4.69. The van der Waals surface area contributed by atoms with Crippen LogP contribution in [0.3, 0.4) is 0 Å². The van der Waals surface area contributed by atoms with Gasteiger partial charge >= 0.3 is 0 Å². The Hall–Kier alpha value is -2.22. The monoisotopic (exact) mass is 218 g/mol. The molecule has 2 amide bonds. The van der Waals surface area contributed by atoms with Crippen LogP contribution in [0.1, 0.15) is 18.4 Å². The van der Waals surface area contributed by atoms with Gasteiger partial charge in [-0.1, -0.05) is 0 Å². The number of halogens is 1. The Morgan fingerprint density at radius 2 is 1.88 bits per heavy atom. The van der Waals surface area contributed by atoms with Crippen LogP contribution in [0, 0.1) is 17.1 Å². The Morgan fingerprint density at radius 1 is 1.25 bits per heavy atom. The summed E-state index contributed by atoms with van der Waals surface area (Å²) in [5, 5.41) is 8.56. The van der Waals surface area contributed by atoms with Crippen LogP contribution in [-0.4, -0.2) is 11.8 Å². The van der Waals surface area contributed by atoms with Crippen LogP contribution in [0.4, 0.5) is 10.1 Å². The highest BCUT2D eigenvalue weighted by Crippen LogP contribution is 2.25. The minimum atomic E-state index is -0.734. The van der Waals surface area contributed by atoms with Crippen LogP contribution in [0.15, 0.2) is 18.2 Å². The average molecular weight is 218 g/mol. The van der Waals surface area contributed by atoms with E-state index in [9.17, 15) is 14.0 Å². The highest BCUT2D eigenvalue weighted by atomic mass is 19.1. The van der Waals surface area contributed by atoms with Gasteiger partial charge in [-0.2, -0.15) is 5.26 Å². The summed E-state index contributed by atoms with van der Waals surface area (Å²) < 4.78 is 13.5. The highest BCUT2D eigenvalue weighted by molar-refractivity contribution is 6.19. The Balaban J connectivity index is 2.45. The molecule has 0 saturated carbocycles. The molecule has 0 bridgehead atoms. The van der Waals surface area contributed by atoms with Crippen molar-refractivity contribution in [2.24, 2.45) is 0 Å². The van der Waals surface area contributed by atoms with E-state index in [1.807, 2.05) is 0 Å². The van der Waals surface area contributed by atoms with Crippen molar-refractivity contribution in [2.75, 3.05) is 4.90 Å². The molecule has 0 unspecified atom stereocenters. The van der Waals surface area contributed by atoms with Crippen molar-refractivity contribution in [3.63, 3.8) is 0 Å². The quantitative estimate of drug-likeness (QED) is 0.668. The second-order valence-corrected chi connectivity index (χ2v) is 3.40. The number of imide groups is 1. The Morgan fingerprint density at radius 3 is 2.38 bits per heavy atom. The van der Waals surface area contributed by atoms with Gasteiger partial charge in [0, 0.05) is 12.8 Å². The third-order valence-corrected chi connectivity index (χ3v) is 2.37. The van der Waals surface area contributed by atoms with Gasteiger partial charge in [-0.15, -0.1) is 0 Å². The first-order chi connectivity index (χ1) is 7.63. The van der Waals surface area contributed by atoms with Crippen molar-refractivity contribution < 1.29 is 14.0 Å². The molecule has 1 aromatic carbocycles. The van der Waals surface area contributed by atoms with E-state index in [2.05, 4.69) is 0 Å². The number of benzene rings is 1. The number of nitriles is 1. The molecular formula is C11H7FN2O2. The van der Waals surface area contributed by atoms with E-state index in [0.717, 1.165) is 11.0 Å². The number of hydrogen-bond donors (Lipinski definition) is 0. The molecular weight excluding hydrogens is 211 g/mol. The first kappa shape index (κ1) is 10.3. The van der Waals surface area contributed by atoms with Gasteiger partial charge in [-0.25, -0.2) is 9.29 Å². The average Bonchev–Trinajstić information content (AvgIpc) is 2.59. The lowest BCUT2D eigenvalue weighted by atomic mass is 10.2. The van der Waals surface area contributed by atoms with E-state index in [-0.39, 0.29) is 24.1 Å². The van der Waals surface area contributed by atoms with Gasteiger partial charge in [-0.3, -0.25) is 9.59 Å². The summed E-state index contributed by atoms with van der Waals surface area (Å²) in [7, 11) is 0. The molecule has 1 saturated heterocycles. The second-order valence-electron chi connectivity index (χ2n) is 3.40. The molecule has 2 rings (SSSR count). The minimum Gasteiger partial charge on any atom is -0.274 e. The Kier molecular flexibility index (Phi) is 2.41. The summed E-state index contributed by atoms with van der Waals surface area (Å²) >= 11 is 0. The van der Waals surface area contributed by atoms with Crippen molar-refractivity contribution >= 4 is 17.5 Å². The predicted octanol–water partition coefficient (Wildman–Crippen LogP) is 1.35. The summed E-state index contributed by atoms with van der Waals surface area (Å²) in [6.07, 6.45) is 0.219. The molecule has 1 aliphatic rings. The summed E-state index contributed by atoms with van der Waals surface area (Å²) in [5.41, 5.74) is 0.0758. The highest BCUT2D eigenvalue weighted by Gasteiger charge is 2.31. The molecule has 0 aromatic heterocycles. The molecule has 0 N–H and O–H groups in total. The van der Waals surface area contributed by atoms with Gasteiger partial charge in [0.2, 0.25) is 11.8 Å². The van der Waals surface area contributed by atoms with Crippen LogP contribution < -0.4 is 4.90 Å². The van der Waals surface area contributed by atoms with Crippen molar-refractivity contribution in [2.45, 2.75) is 12.8 Å². The number of carbonyl (C=O) groups excluding carboxylic acids is 2. The minimum absolute atomic E-state index is 0.0773. The topological polar surface area (TPSA) is 61.2 Å². The SMILES string of the molecule is N#Cc1ccc(N2C(=O)CCC2=O)c(F)c1. The molecule has 0 spiro atoms. The summed E-state index contributed by atoms with van der Waals surface area (Å²) in [5.74, 6) is -1.55. The number of nitrogens with zero attached hydrogens (tertiary/aromatic N) is 2. The van der Waals surface area contributed by atoms with E-state index >= 15 is 0 Å². The third-order valence-electron chi connectivity index (χ3n) is 2.37. The van der Waals surface area contributed by atoms with Gasteiger partial charge in [0.1, 0.15) is 5.82 Å². The van der Waals surface area contributed by atoms with Crippen molar-refractivity contribution in [1.82, 2.24) is 0 Å². The number of carbonyl (C=O) groups is 2. The molecule has 0 atom stereocenters. The van der Waals surface area contributed by atoms with E-state index < -0.39 is 17.6 Å². The fraction of sp³-hybridized carbons (Fsp3) is 0.182. The van der Waals surface area contributed by atoms with E-state index in [0.29, 0.717) is 0 Å². The molecule has 4 nitrogen and oxygen atoms in total. The van der Waals surface area contributed by atoms with Gasteiger partial charge in [-0.05, 0) is 18.2 Å². The van der Waals surface area contributed by atoms with E-state index in [1.54, 1.807) is 6.07 Å². The lowest BCUT2D eigenvalue weighted by molar-refractivity contribution is -0.121. The molecule has 1 aliphatic heterocycles. The van der Waals surface area contributed by atoms with Crippen LogP contribution in [0.5, 0.6) is 0 Å². The summed E-state index contributed by atoms with van der Waals surface area (Å²) in [6.45, 7) is 0. The Bertz CT molecular complexity index is 503. The first-order valence-corrected chi connectivity index (χ1v) is 4.69. The standard InChI is InChI=1S/C11H7FN2O2/c12-8-5-7(6-13)1-2-9(8)14-10(15)3-4-11(14)16/h1-2,5H,3-4H2. The normalized spacial score (nSPS) is 15.4. The van der Waals surface area contributed by atoms with Gasteiger partial charge in [0.05, 0.1) is 17.3 Å². The maximum atomic E-state index is 13.5. The second kappa shape index (κ2) is 3.74. The maximum Gasteiger partial charge on any atom is 0.234 e. The number of amides is 2. The van der Waals surface area contributed by atoms with Crippen LogP contribution in [-0.2, 0) is 9.59 Å². The third kappa shape index (κ3) is 1.54. The molecule has 80 valence electrons. The maximum absolute atomic E-state index is 13.5. The number of hydrogen-bond acceptors (Lipinski definition) is 3. The molecule has 1 heterocycles. The van der Waals surface area contributed by atoms with Crippen LogP contribution >= 0.6 is 0 Å². The molecule has 1 aromatic rings. The number of anilines is 1. The van der Waals surface area contributed by atoms with Crippen molar-refractivity contribution in [1.29, 1.82) is 5.26 Å². The molecule has 0 radical (unpaired) electrons. The van der Waals surface area contributed by atoms with Gasteiger partial charge in [0.15, 0.2) is 0 Å². The smallest absolute Gasteiger partial charge is 0.234 e. The summed E-state index contributed by atoms with van der Waals surface area (Å²) in [4.78, 5) is 23.6. The molecule has 5 heteroatoms. The zero-order chi connectivity index (χ0) is 11.7. The Labute approximate surface area is 90.9 Å². The molecule has 1 fully saturated rings. The lowest BCUT2D eigenvalue weighted by Gasteiger charge is -2.14. The fourth-order valence-electron chi connectivity index (χ4n) is 1.60. The predicted molar refractivity (Wildman–Crippen MR) is 52.8 cm³/mol. The zero-order valence-corrected chi connectivity index (χ0v) is 8.24. The van der Waals surface area contributed by atoms with E-state index in [1.165, 1.54) is 12.1 Å². The van der Waals surface area contributed by atoms with Crippen molar-refractivity contribution in [3.8, 4) is 6.07 Å². The van der Waals surface area contributed by atoms with Crippen molar-refractivity contribution in [3.05, 3.63) is 29.6 Å². The number of rotatable bonds is 1. The molecule has 16 heavy (non-hydrogen) atoms. The fourth-order valence-corrected chi connectivity index (χ4v) is 1.60. The van der Waals surface area contributed by atoms with E-state index in [4.69, 9.17) is 5.26 Å². The lowest BCUT2D eigenvalue weighted by Crippen LogP contribution is -2.29. The zero-order valence-electron chi connectivity index (χ0n) is 8.24.